The van der Waals surface area contributed by atoms with E-state index in [1.54, 1.807) is 37.3 Å². The fraction of sp³-hybridized carbons (Fsp3) is 0.286. The molecule has 1 unspecified atom stereocenters. The van der Waals surface area contributed by atoms with E-state index in [2.05, 4.69) is 10.2 Å². The minimum Gasteiger partial charge on any atom is -0.378 e. The molecule has 1 aliphatic rings. The van der Waals surface area contributed by atoms with Crippen LogP contribution in [0.25, 0.3) is 6.08 Å². The Balaban J connectivity index is 1.68. The summed E-state index contributed by atoms with van der Waals surface area (Å²) in [5.74, 6) is -1.20. The van der Waals surface area contributed by atoms with Crippen LogP contribution in [0.15, 0.2) is 48.5 Å². The third-order valence-corrected chi connectivity index (χ3v) is 4.50. The highest BCUT2D eigenvalue weighted by atomic mass is 19.1. The van der Waals surface area contributed by atoms with E-state index in [0.29, 0.717) is 24.3 Å². The molecule has 1 heterocycles. The van der Waals surface area contributed by atoms with Gasteiger partial charge in [-0.3, -0.25) is 4.79 Å². The molecule has 6 heteroatoms. The maximum atomic E-state index is 14.3. The van der Waals surface area contributed by atoms with Crippen molar-refractivity contribution >= 4 is 17.7 Å². The number of morpholine rings is 1. The van der Waals surface area contributed by atoms with Crippen LogP contribution in [0, 0.1) is 11.6 Å². The number of hydrogen-bond acceptors (Lipinski definition) is 3. The molecule has 3 rings (SSSR count). The Kier molecular flexibility index (Phi) is 6.19. The van der Waals surface area contributed by atoms with Crippen molar-refractivity contribution in [3.8, 4) is 0 Å². The molecule has 27 heavy (non-hydrogen) atoms. The minimum atomic E-state index is -0.524. The Morgan fingerprint density at radius 2 is 1.89 bits per heavy atom. The molecule has 1 saturated heterocycles. The summed E-state index contributed by atoms with van der Waals surface area (Å²) in [4.78, 5) is 14.3. The highest BCUT2D eigenvalue weighted by Crippen LogP contribution is 2.24. The van der Waals surface area contributed by atoms with Crippen LogP contribution in [0.5, 0.6) is 0 Å². The summed E-state index contributed by atoms with van der Waals surface area (Å²) in [6.07, 6.45) is 2.65. The largest absolute Gasteiger partial charge is 0.378 e. The number of nitrogens with one attached hydrogen (secondary N) is 1. The highest BCUT2D eigenvalue weighted by Gasteiger charge is 2.17. The van der Waals surface area contributed by atoms with Gasteiger partial charge in [-0.15, -0.1) is 0 Å². The number of benzene rings is 2. The average molecular weight is 372 g/mol. The molecule has 0 saturated carbocycles. The number of hydrogen-bond donors (Lipinski definition) is 1. The van der Waals surface area contributed by atoms with Crippen molar-refractivity contribution in [2.24, 2.45) is 0 Å². The maximum Gasteiger partial charge on any atom is 0.244 e. The van der Waals surface area contributed by atoms with E-state index in [9.17, 15) is 13.6 Å². The van der Waals surface area contributed by atoms with Crippen LogP contribution in [0.1, 0.15) is 24.1 Å². The molecule has 0 spiro atoms. The number of ether oxygens (including phenoxy) is 1. The zero-order valence-electron chi connectivity index (χ0n) is 15.1. The summed E-state index contributed by atoms with van der Waals surface area (Å²) in [5, 5.41) is 2.73. The van der Waals surface area contributed by atoms with Crippen LogP contribution in [0.2, 0.25) is 0 Å². The summed E-state index contributed by atoms with van der Waals surface area (Å²) in [6, 6.07) is 10.6. The first-order chi connectivity index (χ1) is 13.0. The van der Waals surface area contributed by atoms with Gasteiger partial charge in [-0.25, -0.2) is 8.78 Å². The van der Waals surface area contributed by atoms with Crippen molar-refractivity contribution in [2.45, 2.75) is 13.0 Å². The number of halogens is 2. The van der Waals surface area contributed by atoms with Gasteiger partial charge in [0.1, 0.15) is 11.6 Å². The molecule has 2 aromatic rings. The average Bonchev–Trinajstić information content (AvgIpc) is 2.68. The van der Waals surface area contributed by atoms with E-state index in [-0.39, 0.29) is 5.82 Å². The highest BCUT2D eigenvalue weighted by molar-refractivity contribution is 5.92. The van der Waals surface area contributed by atoms with Crippen molar-refractivity contribution < 1.29 is 18.3 Å². The number of anilines is 1. The Bertz CT molecular complexity index is 833. The Hall–Kier alpha value is -2.73. The van der Waals surface area contributed by atoms with Crippen LogP contribution in [-0.2, 0) is 9.53 Å². The van der Waals surface area contributed by atoms with Crippen molar-refractivity contribution in [3.63, 3.8) is 0 Å². The van der Waals surface area contributed by atoms with Gasteiger partial charge in [0.2, 0.25) is 5.91 Å². The lowest BCUT2D eigenvalue weighted by Gasteiger charge is -2.29. The molecule has 4 nitrogen and oxygen atoms in total. The number of carbonyl (C=O) groups is 1. The molecule has 0 aromatic heterocycles. The fourth-order valence-corrected chi connectivity index (χ4v) is 3.00. The predicted octanol–water partition coefficient (Wildman–Crippen LogP) is 3.69. The first-order valence-electron chi connectivity index (χ1n) is 8.90. The monoisotopic (exact) mass is 372 g/mol. The molecule has 1 fully saturated rings. The Labute approximate surface area is 157 Å². The standard InChI is InChI=1S/C21H22F2N2O2/c1-15(24-21(26)9-6-16-4-2-3-5-19(16)22)18-14-17(7-8-20(18)23)25-10-12-27-13-11-25/h2-9,14-15H,10-13H2,1H3,(H,24,26). The van der Waals surface area contributed by atoms with E-state index in [4.69, 9.17) is 4.74 Å². The lowest BCUT2D eigenvalue weighted by atomic mass is 10.1. The smallest absolute Gasteiger partial charge is 0.244 e. The van der Waals surface area contributed by atoms with Crippen LogP contribution < -0.4 is 10.2 Å². The molecule has 0 aliphatic carbocycles. The number of nitrogens with zero attached hydrogens (tertiary/aromatic N) is 1. The molecule has 1 amide bonds. The summed E-state index contributed by atoms with van der Waals surface area (Å²) < 4.78 is 33.2. The predicted molar refractivity (Wildman–Crippen MR) is 101 cm³/mol. The van der Waals surface area contributed by atoms with E-state index in [0.717, 1.165) is 18.8 Å². The van der Waals surface area contributed by atoms with Gasteiger partial charge in [0.15, 0.2) is 0 Å². The number of rotatable bonds is 5. The molecular weight excluding hydrogens is 350 g/mol. The third kappa shape index (κ3) is 4.92. The van der Waals surface area contributed by atoms with E-state index in [1.807, 2.05) is 0 Å². The second-order valence-electron chi connectivity index (χ2n) is 6.39. The summed E-state index contributed by atoms with van der Waals surface area (Å²) in [7, 11) is 0. The van der Waals surface area contributed by atoms with Crippen LogP contribution >= 0.6 is 0 Å². The van der Waals surface area contributed by atoms with Gasteiger partial charge in [-0.05, 0) is 37.3 Å². The first-order valence-corrected chi connectivity index (χ1v) is 8.90. The van der Waals surface area contributed by atoms with Crippen LogP contribution in [0.4, 0.5) is 14.5 Å². The van der Waals surface area contributed by atoms with Gasteiger partial charge in [-0.2, -0.15) is 0 Å². The first kappa shape index (κ1) is 19.0. The lowest BCUT2D eigenvalue weighted by molar-refractivity contribution is -0.117. The molecule has 1 aliphatic heterocycles. The number of amides is 1. The fourth-order valence-electron chi connectivity index (χ4n) is 3.00. The molecule has 0 radical (unpaired) electrons. The Morgan fingerprint density at radius 1 is 1.15 bits per heavy atom. The van der Waals surface area contributed by atoms with Gasteiger partial charge >= 0.3 is 0 Å². The summed E-state index contributed by atoms with van der Waals surface area (Å²) in [5.41, 5.74) is 1.63. The molecule has 2 aromatic carbocycles. The van der Waals surface area contributed by atoms with Crippen molar-refractivity contribution in [3.05, 3.63) is 71.3 Å². The molecule has 142 valence electrons. The minimum absolute atomic E-state index is 0.320. The van der Waals surface area contributed by atoms with Gasteiger partial charge in [0, 0.05) is 36.0 Å². The SMILES string of the molecule is CC(NC(=O)C=Cc1ccccc1F)c1cc(N2CCOCC2)ccc1F. The quantitative estimate of drug-likeness (QED) is 0.814. The van der Waals surface area contributed by atoms with Crippen molar-refractivity contribution in [2.75, 3.05) is 31.2 Å². The molecule has 0 bridgehead atoms. The third-order valence-electron chi connectivity index (χ3n) is 4.50. The van der Waals surface area contributed by atoms with Crippen LogP contribution in [0.3, 0.4) is 0 Å². The van der Waals surface area contributed by atoms with E-state index < -0.39 is 17.8 Å². The van der Waals surface area contributed by atoms with Crippen molar-refractivity contribution in [1.29, 1.82) is 0 Å². The van der Waals surface area contributed by atoms with Gasteiger partial charge in [-0.1, -0.05) is 18.2 Å². The van der Waals surface area contributed by atoms with Gasteiger partial charge in [0.05, 0.1) is 19.3 Å². The lowest BCUT2D eigenvalue weighted by Crippen LogP contribution is -2.36. The zero-order valence-corrected chi connectivity index (χ0v) is 15.1. The van der Waals surface area contributed by atoms with E-state index >= 15 is 0 Å². The maximum absolute atomic E-state index is 14.3. The second kappa shape index (κ2) is 8.77. The summed E-state index contributed by atoms with van der Waals surface area (Å²) >= 11 is 0. The molecular formula is C21H22F2N2O2. The summed E-state index contributed by atoms with van der Waals surface area (Å²) in [6.45, 7) is 4.49. The second-order valence-corrected chi connectivity index (χ2v) is 6.39. The van der Waals surface area contributed by atoms with E-state index in [1.165, 1.54) is 24.3 Å². The normalized spacial score (nSPS) is 15.7. The van der Waals surface area contributed by atoms with Crippen molar-refractivity contribution in [1.82, 2.24) is 5.32 Å². The number of carbonyl (C=O) groups excluding carboxylic acids is 1. The van der Waals surface area contributed by atoms with Gasteiger partial charge < -0.3 is 15.0 Å². The zero-order chi connectivity index (χ0) is 19.2. The van der Waals surface area contributed by atoms with Crippen LogP contribution in [-0.4, -0.2) is 32.2 Å². The molecule has 1 N–H and O–H groups in total. The van der Waals surface area contributed by atoms with Gasteiger partial charge in [0.25, 0.3) is 0 Å². The Morgan fingerprint density at radius 3 is 2.63 bits per heavy atom. The topological polar surface area (TPSA) is 41.6 Å². The molecule has 1 atom stereocenters.